The number of nitrogens with zero attached hydrogens (tertiary/aromatic N) is 3. The number of benzene rings is 1. The number of rotatable bonds is 2. The fraction of sp³-hybridized carbons (Fsp3) is 0.133. The minimum Gasteiger partial charge on any atom is -0.446 e. The van der Waals surface area contributed by atoms with E-state index in [4.69, 9.17) is 4.74 Å². The van der Waals surface area contributed by atoms with Gasteiger partial charge >= 0.3 is 0 Å². The fourth-order valence-electron chi connectivity index (χ4n) is 2.02. The number of ether oxygens (including phenoxy) is 1. The highest BCUT2D eigenvalue weighted by Crippen LogP contribution is 2.30. The van der Waals surface area contributed by atoms with Gasteiger partial charge in [0.1, 0.15) is 0 Å². The quantitative estimate of drug-likeness (QED) is 0.840. The molecule has 0 bridgehead atoms. The van der Waals surface area contributed by atoms with Gasteiger partial charge in [0.2, 0.25) is 18.0 Å². The Hall–Kier alpha value is -2.21. The van der Waals surface area contributed by atoms with E-state index >= 15 is 0 Å². The molecule has 1 amide bonds. The summed E-state index contributed by atoms with van der Waals surface area (Å²) in [5.74, 6) is 0.253. The average Bonchev–Trinajstić information content (AvgIpc) is 2.94. The third kappa shape index (κ3) is 2.80. The summed E-state index contributed by atoms with van der Waals surface area (Å²) in [4.78, 5) is 15.7. The number of hydrogen-bond donors (Lipinski definition) is 0. The topological polar surface area (TPSA) is 54.8 Å². The van der Waals surface area contributed by atoms with Crippen molar-refractivity contribution in [3.8, 4) is 0 Å². The second-order valence-electron chi connectivity index (χ2n) is 4.53. The highest BCUT2D eigenvalue weighted by atomic mass is 79.9. The van der Waals surface area contributed by atoms with Crippen LogP contribution in [-0.4, -0.2) is 21.8 Å². The molecule has 1 aromatic heterocycles. The van der Waals surface area contributed by atoms with Gasteiger partial charge in [0, 0.05) is 34.9 Å². The molecule has 1 aliphatic rings. The summed E-state index contributed by atoms with van der Waals surface area (Å²) in [6.07, 6.45) is 2.77. The van der Waals surface area contributed by atoms with Crippen LogP contribution in [0.15, 0.2) is 58.4 Å². The molecule has 0 radical (unpaired) electrons. The van der Waals surface area contributed by atoms with E-state index in [-0.39, 0.29) is 5.91 Å². The molecular formula is C15H12BrN3O2. The molecule has 5 nitrogen and oxygen atoms in total. The minimum absolute atomic E-state index is 0.177. The Labute approximate surface area is 130 Å². The van der Waals surface area contributed by atoms with Crippen LogP contribution in [0, 0.1) is 0 Å². The average molecular weight is 346 g/mol. The predicted octanol–water partition coefficient (Wildman–Crippen LogP) is 3.08. The summed E-state index contributed by atoms with van der Waals surface area (Å²) in [6, 6.07) is 11.2. The molecule has 6 heteroatoms. The molecule has 0 spiro atoms. The normalized spacial score (nSPS) is 17.3. The van der Waals surface area contributed by atoms with Gasteiger partial charge in [-0.05, 0) is 36.4 Å². The van der Waals surface area contributed by atoms with Crippen molar-refractivity contribution in [2.75, 3.05) is 0 Å². The number of carbonyl (C=O) groups is 1. The Morgan fingerprint density at radius 1 is 1.19 bits per heavy atom. The van der Waals surface area contributed by atoms with E-state index in [1.165, 1.54) is 11.9 Å². The Bertz CT molecular complexity index is 686. The van der Waals surface area contributed by atoms with Crippen LogP contribution in [0.2, 0.25) is 0 Å². The lowest BCUT2D eigenvalue weighted by Gasteiger charge is -2.18. The first-order chi connectivity index (χ1) is 10.1. The first-order valence-electron chi connectivity index (χ1n) is 6.36. The molecule has 0 saturated carbocycles. The van der Waals surface area contributed by atoms with Gasteiger partial charge in [-0.25, -0.2) is 0 Å². The smallest absolute Gasteiger partial charge is 0.243 e. The summed E-state index contributed by atoms with van der Waals surface area (Å²) in [6.45, 7) is 1.46. The van der Waals surface area contributed by atoms with Gasteiger partial charge in [-0.15, -0.1) is 5.10 Å². The lowest BCUT2D eigenvalue weighted by molar-refractivity contribution is -0.135. The number of pyridine rings is 1. The van der Waals surface area contributed by atoms with Gasteiger partial charge in [-0.1, -0.05) is 15.9 Å². The fourth-order valence-corrected chi connectivity index (χ4v) is 2.28. The van der Waals surface area contributed by atoms with Crippen molar-refractivity contribution < 1.29 is 9.53 Å². The first kappa shape index (κ1) is 13.8. The highest BCUT2D eigenvalue weighted by Gasteiger charge is 2.32. The zero-order chi connectivity index (χ0) is 14.8. The lowest BCUT2D eigenvalue weighted by atomic mass is 10.2. The third-order valence-corrected chi connectivity index (χ3v) is 3.58. The number of hydrogen-bond acceptors (Lipinski definition) is 4. The SMILES string of the molecule is CC(=O)N1N=C(c2ccc(Br)cc2)OC1c1ccncc1. The summed E-state index contributed by atoms with van der Waals surface area (Å²) < 4.78 is 6.83. The van der Waals surface area contributed by atoms with E-state index in [1.54, 1.807) is 24.5 Å². The first-order valence-corrected chi connectivity index (χ1v) is 7.15. The van der Waals surface area contributed by atoms with Crippen LogP contribution in [0.5, 0.6) is 0 Å². The third-order valence-electron chi connectivity index (χ3n) is 3.05. The lowest BCUT2D eigenvalue weighted by Crippen LogP contribution is -2.25. The molecule has 0 aliphatic carbocycles. The van der Waals surface area contributed by atoms with Crippen molar-refractivity contribution >= 4 is 27.7 Å². The van der Waals surface area contributed by atoms with Crippen molar-refractivity contribution in [2.45, 2.75) is 13.2 Å². The summed E-state index contributed by atoms with van der Waals surface area (Å²) in [5.41, 5.74) is 1.65. The maximum atomic E-state index is 11.8. The van der Waals surface area contributed by atoms with Crippen LogP contribution in [0.1, 0.15) is 24.3 Å². The van der Waals surface area contributed by atoms with Gasteiger partial charge in [0.15, 0.2) is 0 Å². The highest BCUT2D eigenvalue weighted by molar-refractivity contribution is 9.10. The van der Waals surface area contributed by atoms with Crippen LogP contribution in [0.4, 0.5) is 0 Å². The van der Waals surface area contributed by atoms with Crippen molar-refractivity contribution in [1.29, 1.82) is 0 Å². The molecule has 0 fully saturated rings. The van der Waals surface area contributed by atoms with Crippen LogP contribution in [0.25, 0.3) is 0 Å². The van der Waals surface area contributed by atoms with Gasteiger partial charge in [-0.2, -0.15) is 5.01 Å². The van der Waals surface area contributed by atoms with Gasteiger partial charge in [-0.3, -0.25) is 9.78 Å². The largest absolute Gasteiger partial charge is 0.446 e. The molecule has 1 unspecified atom stereocenters. The summed E-state index contributed by atoms with van der Waals surface area (Å²) >= 11 is 3.39. The maximum absolute atomic E-state index is 11.8. The van der Waals surface area contributed by atoms with E-state index < -0.39 is 6.23 Å². The molecular weight excluding hydrogens is 334 g/mol. The van der Waals surface area contributed by atoms with E-state index in [2.05, 4.69) is 26.0 Å². The molecule has 1 atom stereocenters. The van der Waals surface area contributed by atoms with E-state index in [0.717, 1.165) is 15.6 Å². The zero-order valence-electron chi connectivity index (χ0n) is 11.2. The number of halogens is 1. The Kier molecular flexibility index (Phi) is 3.70. The monoisotopic (exact) mass is 345 g/mol. The second kappa shape index (κ2) is 5.65. The zero-order valence-corrected chi connectivity index (χ0v) is 12.8. The van der Waals surface area contributed by atoms with Crippen LogP contribution < -0.4 is 0 Å². The predicted molar refractivity (Wildman–Crippen MR) is 81.3 cm³/mol. The van der Waals surface area contributed by atoms with Crippen LogP contribution in [-0.2, 0) is 9.53 Å². The Morgan fingerprint density at radius 3 is 2.48 bits per heavy atom. The minimum atomic E-state index is -0.552. The van der Waals surface area contributed by atoms with Gasteiger partial charge < -0.3 is 4.74 Å². The van der Waals surface area contributed by atoms with E-state index in [9.17, 15) is 4.79 Å². The second-order valence-corrected chi connectivity index (χ2v) is 5.44. The summed E-state index contributed by atoms with van der Waals surface area (Å²) in [5, 5.41) is 5.63. The standard InChI is InChI=1S/C15H12BrN3O2/c1-10(20)19-15(12-6-8-17-9-7-12)21-14(18-19)11-2-4-13(16)5-3-11/h2-9,15H,1H3. The van der Waals surface area contributed by atoms with Crippen LogP contribution in [0.3, 0.4) is 0 Å². The van der Waals surface area contributed by atoms with E-state index in [0.29, 0.717) is 5.90 Å². The van der Waals surface area contributed by atoms with E-state index in [1.807, 2.05) is 24.3 Å². The summed E-state index contributed by atoms with van der Waals surface area (Å²) in [7, 11) is 0. The number of hydrazone groups is 1. The Balaban J connectivity index is 1.93. The Morgan fingerprint density at radius 2 is 1.86 bits per heavy atom. The number of amides is 1. The molecule has 2 aromatic rings. The van der Waals surface area contributed by atoms with Crippen molar-refractivity contribution in [3.05, 3.63) is 64.4 Å². The van der Waals surface area contributed by atoms with Crippen LogP contribution >= 0.6 is 15.9 Å². The van der Waals surface area contributed by atoms with Crippen molar-refractivity contribution in [1.82, 2.24) is 9.99 Å². The molecule has 0 N–H and O–H groups in total. The van der Waals surface area contributed by atoms with Crippen molar-refractivity contribution in [3.63, 3.8) is 0 Å². The molecule has 1 aromatic carbocycles. The van der Waals surface area contributed by atoms with Gasteiger partial charge in [0.05, 0.1) is 0 Å². The number of carbonyl (C=O) groups excluding carboxylic acids is 1. The molecule has 21 heavy (non-hydrogen) atoms. The number of aromatic nitrogens is 1. The molecule has 1 aliphatic heterocycles. The molecule has 106 valence electrons. The van der Waals surface area contributed by atoms with Crippen molar-refractivity contribution in [2.24, 2.45) is 5.10 Å². The molecule has 0 saturated heterocycles. The molecule has 2 heterocycles. The maximum Gasteiger partial charge on any atom is 0.243 e. The van der Waals surface area contributed by atoms with Gasteiger partial charge in [0.25, 0.3) is 0 Å². The molecule has 3 rings (SSSR count).